The van der Waals surface area contributed by atoms with Crippen LogP contribution in [0.15, 0.2) is 42.5 Å². The number of piperidine rings is 1. The average Bonchev–Trinajstić information content (AvgIpc) is 2.70. The number of fused-ring (bicyclic) bond motifs is 2. The van der Waals surface area contributed by atoms with E-state index < -0.39 is 0 Å². The summed E-state index contributed by atoms with van der Waals surface area (Å²) in [6.07, 6.45) is 3.89. The molecule has 1 aromatic carbocycles. The van der Waals surface area contributed by atoms with E-state index in [9.17, 15) is 4.79 Å². The Labute approximate surface area is 113 Å². The molecular formula is C16H19NO2. The lowest BCUT2D eigenvalue weighted by Crippen LogP contribution is -2.44. The number of hydrogen-bond donors (Lipinski definition) is 0. The number of ether oxygens (including phenoxy) is 1. The molecular weight excluding hydrogens is 238 g/mol. The minimum atomic E-state index is -0.163. The van der Waals surface area contributed by atoms with Crippen LogP contribution in [-0.2, 0) is 11.3 Å². The van der Waals surface area contributed by atoms with Gasteiger partial charge in [-0.25, -0.2) is 4.79 Å². The number of amides is 1. The van der Waals surface area contributed by atoms with Gasteiger partial charge in [0.1, 0.15) is 6.61 Å². The van der Waals surface area contributed by atoms with Crippen LogP contribution in [0.5, 0.6) is 0 Å². The average molecular weight is 257 g/mol. The Morgan fingerprint density at radius 1 is 1.21 bits per heavy atom. The summed E-state index contributed by atoms with van der Waals surface area (Å²) in [6, 6.07) is 10.4. The molecule has 0 aliphatic carbocycles. The van der Waals surface area contributed by atoms with Crippen LogP contribution in [-0.4, -0.2) is 23.1 Å². The quantitative estimate of drug-likeness (QED) is 0.759. The summed E-state index contributed by atoms with van der Waals surface area (Å²) in [7, 11) is 0. The van der Waals surface area contributed by atoms with Gasteiger partial charge in [0.05, 0.1) is 0 Å². The second kappa shape index (κ2) is 5.08. The van der Waals surface area contributed by atoms with Crippen molar-refractivity contribution in [3.8, 4) is 0 Å². The molecule has 19 heavy (non-hydrogen) atoms. The molecule has 0 N–H and O–H groups in total. The molecule has 0 saturated carbocycles. The Bertz CT molecular complexity index is 467. The summed E-state index contributed by atoms with van der Waals surface area (Å²) in [6.45, 7) is 4.42. The zero-order valence-corrected chi connectivity index (χ0v) is 11.0. The standard InChI is InChI=1S/C16H19NO2/c1-12-9-14-7-8-15(10-12)17(14)16(18)19-11-13-5-3-2-4-6-13/h2-6,14-15H,1,7-11H2/t14-,15+. The van der Waals surface area contributed by atoms with Crippen LogP contribution >= 0.6 is 0 Å². The van der Waals surface area contributed by atoms with Gasteiger partial charge >= 0.3 is 6.09 Å². The first-order chi connectivity index (χ1) is 9.24. The zero-order chi connectivity index (χ0) is 13.2. The summed E-state index contributed by atoms with van der Waals surface area (Å²) >= 11 is 0. The molecule has 2 heterocycles. The Hall–Kier alpha value is -1.77. The molecule has 2 atom stereocenters. The second-order valence-electron chi connectivity index (χ2n) is 5.49. The number of carbonyl (C=O) groups is 1. The van der Waals surface area contributed by atoms with Gasteiger partial charge in [-0.05, 0) is 31.2 Å². The first-order valence-electron chi connectivity index (χ1n) is 6.89. The predicted octanol–water partition coefficient (Wildman–Crippen LogP) is 3.51. The van der Waals surface area contributed by atoms with E-state index in [1.54, 1.807) is 0 Å². The smallest absolute Gasteiger partial charge is 0.410 e. The van der Waals surface area contributed by atoms with Crippen LogP contribution in [0.4, 0.5) is 4.79 Å². The Morgan fingerprint density at radius 3 is 2.47 bits per heavy atom. The summed E-state index contributed by atoms with van der Waals surface area (Å²) in [4.78, 5) is 14.2. The summed E-state index contributed by atoms with van der Waals surface area (Å²) in [5.74, 6) is 0. The number of rotatable bonds is 2. The zero-order valence-electron chi connectivity index (χ0n) is 11.0. The third-order valence-corrected chi connectivity index (χ3v) is 4.08. The second-order valence-corrected chi connectivity index (χ2v) is 5.49. The lowest BCUT2D eigenvalue weighted by Gasteiger charge is -2.34. The number of benzene rings is 1. The molecule has 3 rings (SSSR count). The number of nitrogens with zero attached hydrogens (tertiary/aromatic N) is 1. The van der Waals surface area contributed by atoms with Crippen molar-refractivity contribution in [3.05, 3.63) is 48.0 Å². The van der Waals surface area contributed by atoms with E-state index in [1.807, 2.05) is 35.2 Å². The summed E-state index contributed by atoms with van der Waals surface area (Å²) < 4.78 is 5.44. The molecule has 100 valence electrons. The normalized spacial score (nSPS) is 25.5. The predicted molar refractivity (Wildman–Crippen MR) is 73.7 cm³/mol. The van der Waals surface area contributed by atoms with E-state index >= 15 is 0 Å². The van der Waals surface area contributed by atoms with Gasteiger partial charge in [-0.1, -0.05) is 42.5 Å². The molecule has 0 radical (unpaired) electrons. The van der Waals surface area contributed by atoms with Crippen LogP contribution in [0.2, 0.25) is 0 Å². The highest BCUT2D eigenvalue weighted by Gasteiger charge is 2.41. The van der Waals surface area contributed by atoms with E-state index in [2.05, 4.69) is 6.58 Å². The van der Waals surface area contributed by atoms with Crippen molar-refractivity contribution in [1.82, 2.24) is 4.90 Å². The van der Waals surface area contributed by atoms with E-state index in [-0.39, 0.29) is 6.09 Å². The topological polar surface area (TPSA) is 29.5 Å². The molecule has 2 saturated heterocycles. The fourth-order valence-electron chi connectivity index (χ4n) is 3.20. The highest BCUT2D eigenvalue weighted by Crippen LogP contribution is 2.38. The Morgan fingerprint density at radius 2 is 1.84 bits per heavy atom. The maximum absolute atomic E-state index is 12.2. The largest absolute Gasteiger partial charge is 0.445 e. The molecule has 2 aliphatic rings. The van der Waals surface area contributed by atoms with Gasteiger partial charge in [0.15, 0.2) is 0 Å². The lowest BCUT2D eigenvalue weighted by molar-refractivity contribution is 0.0722. The molecule has 0 unspecified atom stereocenters. The van der Waals surface area contributed by atoms with Gasteiger partial charge in [-0.2, -0.15) is 0 Å². The fraction of sp³-hybridized carbons (Fsp3) is 0.438. The number of carbonyl (C=O) groups excluding carboxylic acids is 1. The monoisotopic (exact) mass is 257 g/mol. The van der Waals surface area contributed by atoms with Gasteiger partial charge in [0.25, 0.3) is 0 Å². The molecule has 0 spiro atoms. The van der Waals surface area contributed by atoms with Crippen LogP contribution in [0, 0.1) is 0 Å². The van der Waals surface area contributed by atoms with E-state index in [4.69, 9.17) is 4.74 Å². The van der Waals surface area contributed by atoms with Gasteiger partial charge in [-0.3, -0.25) is 0 Å². The fourth-order valence-corrected chi connectivity index (χ4v) is 3.20. The van der Waals surface area contributed by atoms with Crippen LogP contribution in [0.3, 0.4) is 0 Å². The molecule has 1 aromatic rings. The maximum atomic E-state index is 12.2. The summed E-state index contributed by atoms with van der Waals surface area (Å²) in [5.41, 5.74) is 2.31. The van der Waals surface area contributed by atoms with Crippen LogP contribution in [0.1, 0.15) is 31.2 Å². The molecule has 1 amide bonds. The highest BCUT2D eigenvalue weighted by molar-refractivity contribution is 5.69. The van der Waals surface area contributed by atoms with Gasteiger partial charge in [0.2, 0.25) is 0 Å². The van der Waals surface area contributed by atoms with E-state index in [0.717, 1.165) is 31.2 Å². The molecule has 3 nitrogen and oxygen atoms in total. The van der Waals surface area contributed by atoms with Crippen molar-refractivity contribution in [2.75, 3.05) is 0 Å². The van der Waals surface area contributed by atoms with Crippen molar-refractivity contribution >= 4 is 6.09 Å². The summed E-state index contributed by atoms with van der Waals surface area (Å²) in [5, 5.41) is 0. The first-order valence-corrected chi connectivity index (χ1v) is 6.89. The molecule has 0 aromatic heterocycles. The number of hydrogen-bond acceptors (Lipinski definition) is 2. The molecule has 2 aliphatic heterocycles. The lowest BCUT2D eigenvalue weighted by atomic mass is 9.99. The van der Waals surface area contributed by atoms with Crippen LogP contribution in [0.25, 0.3) is 0 Å². The van der Waals surface area contributed by atoms with Crippen molar-refractivity contribution < 1.29 is 9.53 Å². The maximum Gasteiger partial charge on any atom is 0.410 e. The van der Waals surface area contributed by atoms with Crippen molar-refractivity contribution in [3.63, 3.8) is 0 Å². The SMILES string of the molecule is C=C1C[C@H]2CC[C@@H](C1)N2C(=O)OCc1ccccc1. The van der Waals surface area contributed by atoms with Gasteiger partial charge < -0.3 is 9.64 Å². The third kappa shape index (κ3) is 2.50. The molecule has 3 heteroatoms. The Balaban J connectivity index is 1.61. The highest BCUT2D eigenvalue weighted by atomic mass is 16.6. The Kier molecular flexibility index (Phi) is 3.28. The minimum absolute atomic E-state index is 0.163. The van der Waals surface area contributed by atoms with E-state index in [1.165, 1.54) is 5.57 Å². The van der Waals surface area contributed by atoms with Gasteiger partial charge in [-0.15, -0.1) is 0 Å². The van der Waals surface area contributed by atoms with Crippen molar-refractivity contribution in [2.45, 2.75) is 44.4 Å². The van der Waals surface area contributed by atoms with Crippen LogP contribution < -0.4 is 0 Å². The molecule has 2 fully saturated rings. The minimum Gasteiger partial charge on any atom is -0.445 e. The van der Waals surface area contributed by atoms with Crippen molar-refractivity contribution in [2.24, 2.45) is 0 Å². The van der Waals surface area contributed by atoms with E-state index in [0.29, 0.717) is 18.7 Å². The molecule has 2 bridgehead atoms. The first kappa shape index (κ1) is 12.3. The third-order valence-electron chi connectivity index (χ3n) is 4.08. The van der Waals surface area contributed by atoms with Gasteiger partial charge in [0, 0.05) is 12.1 Å². The van der Waals surface area contributed by atoms with Crippen molar-refractivity contribution in [1.29, 1.82) is 0 Å².